The number of furan rings is 1. The standard InChI is InChI=1S/C67H64N2OSi2/c1-65(2,3)43-23-27-45(28-24-43)68(46-31-36-50(37-32-46)71(7)8)49-35-40-54-58(41-49)67(56-20-14-11-17-52(56)53-18-12-15-21-57(53)67)59-42-60(63-55-19-13-16-22-61(55)70-64(63)62(54)59)69(48-33-38-51(39-34-48)72(9)10)47-29-25-44(26-30-47)66(4,5)6/h11-42,71-72H,1-10H3. The van der Waals surface area contributed by atoms with E-state index in [1.165, 1.54) is 60.4 Å². The van der Waals surface area contributed by atoms with Gasteiger partial charge in [-0.2, -0.15) is 0 Å². The van der Waals surface area contributed by atoms with Crippen LogP contribution in [-0.4, -0.2) is 17.6 Å². The highest BCUT2D eigenvalue weighted by molar-refractivity contribution is 6.71. The van der Waals surface area contributed by atoms with Crippen LogP contribution in [0.3, 0.4) is 0 Å². The largest absolute Gasteiger partial charge is 0.455 e. The zero-order valence-electron chi connectivity index (χ0n) is 43.4. The Morgan fingerprint density at radius 2 is 0.847 bits per heavy atom. The Bertz CT molecular complexity index is 3660. The minimum absolute atomic E-state index is 0.0132. The van der Waals surface area contributed by atoms with Crippen molar-refractivity contribution in [1.82, 2.24) is 0 Å². The zero-order chi connectivity index (χ0) is 49.8. The van der Waals surface area contributed by atoms with Crippen LogP contribution in [0.15, 0.2) is 199 Å². The van der Waals surface area contributed by atoms with E-state index in [-0.39, 0.29) is 10.8 Å². The van der Waals surface area contributed by atoms with Crippen molar-refractivity contribution in [2.75, 3.05) is 9.80 Å². The van der Waals surface area contributed by atoms with Gasteiger partial charge in [0.1, 0.15) is 11.2 Å². The fourth-order valence-electron chi connectivity index (χ4n) is 11.9. The molecular weight excluding hydrogens is 905 g/mol. The number of benzene rings is 9. The van der Waals surface area contributed by atoms with Gasteiger partial charge in [-0.3, -0.25) is 0 Å². The Balaban J connectivity index is 1.18. The highest BCUT2D eigenvalue weighted by Crippen LogP contribution is 2.66. The smallest absolute Gasteiger partial charge is 0.145 e. The van der Waals surface area contributed by atoms with Gasteiger partial charge >= 0.3 is 0 Å². The molecule has 10 aromatic rings. The molecular formula is C67H64N2OSi2. The molecule has 1 spiro atoms. The highest BCUT2D eigenvalue weighted by Gasteiger charge is 2.53. The molecule has 0 atom stereocenters. The summed E-state index contributed by atoms with van der Waals surface area (Å²) in [7, 11) is -2.06. The van der Waals surface area contributed by atoms with E-state index in [4.69, 9.17) is 4.42 Å². The average Bonchev–Trinajstić information content (AvgIpc) is 4.01. The van der Waals surface area contributed by atoms with E-state index in [1.807, 2.05) is 0 Å². The van der Waals surface area contributed by atoms with Crippen molar-refractivity contribution in [2.45, 2.75) is 84.0 Å². The number of rotatable bonds is 8. The first-order valence-corrected chi connectivity index (χ1v) is 31.7. The Morgan fingerprint density at radius 3 is 1.35 bits per heavy atom. The molecule has 0 radical (unpaired) electrons. The summed E-state index contributed by atoms with van der Waals surface area (Å²) in [5.41, 5.74) is 20.6. The van der Waals surface area contributed by atoms with E-state index in [0.717, 1.165) is 61.6 Å². The molecule has 12 rings (SSSR count). The lowest BCUT2D eigenvalue weighted by molar-refractivity contribution is 0.590. The van der Waals surface area contributed by atoms with E-state index in [0.29, 0.717) is 0 Å². The highest BCUT2D eigenvalue weighted by atomic mass is 28.3. The first-order chi connectivity index (χ1) is 34.6. The predicted molar refractivity (Wildman–Crippen MR) is 314 cm³/mol. The molecule has 0 bridgehead atoms. The monoisotopic (exact) mass is 968 g/mol. The molecule has 2 aliphatic rings. The van der Waals surface area contributed by atoms with Crippen molar-refractivity contribution in [3.8, 4) is 22.3 Å². The van der Waals surface area contributed by atoms with Gasteiger partial charge in [0.15, 0.2) is 0 Å². The first-order valence-electron chi connectivity index (χ1n) is 26.0. The van der Waals surface area contributed by atoms with Gasteiger partial charge in [-0.25, -0.2) is 0 Å². The zero-order valence-corrected chi connectivity index (χ0v) is 45.7. The number of fused-ring (bicyclic) bond motifs is 14. The van der Waals surface area contributed by atoms with Crippen molar-refractivity contribution in [3.63, 3.8) is 0 Å². The lowest BCUT2D eigenvalue weighted by atomic mass is 9.70. The van der Waals surface area contributed by atoms with E-state index >= 15 is 0 Å². The summed E-state index contributed by atoms with van der Waals surface area (Å²) in [5.74, 6) is 0. The summed E-state index contributed by atoms with van der Waals surface area (Å²) in [4.78, 5) is 4.97. The summed E-state index contributed by atoms with van der Waals surface area (Å²) < 4.78 is 7.36. The van der Waals surface area contributed by atoms with Gasteiger partial charge < -0.3 is 14.2 Å². The summed E-state index contributed by atoms with van der Waals surface area (Å²) in [6.07, 6.45) is 0. The van der Waals surface area contributed by atoms with Crippen LogP contribution in [-0.2, 0) is 16.2 Å². The molecule has 0 amide bonds. The van der Waals surface area contributed by atoms with Gasteiger partial charge in [-0.1, -0.05) is 199 Å². The van der Waals surface area contributed by atoms with Crippen LogP contribution < -0.4 is 20.2 Å². The summed E-state index contributed by atoms with van der Waals surface area (Å²) in [5, 5.41) is 5.15. The number of para-hydroxylation sites is 1. The minimum Gasteiger partial charge on any atom is -0.455 e. The molecule has 0 saturated carbocycles. The molecule has 3 nitrogen and oxygen atoms in total. The molecule has 0 fully saturated rings. The van der Waals surface area contributed by atoms with Crippen LogP contribution >= 0.6 is 0 Å². The van der Waals surface area contributed by atoms with Crippen molar-refractivity contribution in [2.24, 2.45) is 0 Å². The maximum Gasteiger partial charge on any atom is 0.145 e. The molecule has 356 valence electrons. The quantitative estimate of drug-likeness (QED) is 0.142. The van der Waals surface area contributed by atoms with Crippen molar-refractivity contribution >= 4 is 84.0 Å². The topological polar surface area (TPSA) is 19.6 Å². The van der Waals surface area contributed by atoms with Crippen LogP contribution in [0.4, 0.5) is 34.1 Å². The SMILES string of the molecule is C[SiH](C)c1ccc(N(c2ccc(C(C)(C)C)cc2)c2ccc3c(c2)C2(c4ccccc4-c4ccccc42)c2cc(N(c4ccc([SiH](C)C)cc4)c4ccc(C(C)(C)C)cc4)c4c(oc5ccccc54)c2-3)cc1. The number of anilines is 6. The Hall–Kier alpha value is -7.19. The summed E-state index contributed by atoms with van der Waals surface area (Å²) in [6, 6.07) is 74.1. The van der Waals surface area contributed by atoms with Crippen LogP contribution in [0, 0.1) is 0 Å². The molecule has 0 saturated heterocycles. The first kappa shape index (κ1) is 45.9. The average molecular weight is 969 g/mol. The molecule has 0 unspecified atom stereocenters. The van der Waals surface area contributed by atoms with Gasteiger partial charge in [0, 0.05) is 39.4 Å². The van der Waals surface area contributed by atoms with Crippen molar-refractivity contribution in [1.29, 1.82) is 0 Å². The normalized spacial score (nSPS) is 13.5. The molecule has 1 heterocycles. The van der Waals surface area contributed by atoms with E-state index in [1.54, 1.807) is 0 Å². The fraction of sp³-hybridized carbons (Fsp3) is 0.194. The Morgan fingerprint density at radius 1 is 0.403 bits per heavy atom. The summed E-state index contributed by atoms with van der Waals surface area (Å²) in [6.45, 7) is 23.4. The van der Waals surface area contributed by atoms with Gasteiger partial charge in [0.05, 0.1) is 34.1 Å². The predicted octanol–water partition coefficient (Wildman–Crippen LogP) is 16.9. The van der Waals surface area contributed by atoms with Crippen molar-refractivity contribution < 1.29 is 4.42 Å². The van der Waals surface area contributed by atoms with Gasteiger partial charge in [-0.05, 0) is 134 Å². The second kappa shape index (κ2) is 17.0. The van der Waals surface area contributed by atoms with Gasteiger partial charge in [0.2, 0.25) is 0 Å². The van der Waals surface area contributed by atoms with Gasteiger partial charge in [0.25, 0.3) is 0 Å². The van der Waals surface area contributed by atoms with Crippen molar-refractivity contribution in [3.05, 3.63) is 228 Å². The minimum atomic E-state index is -1.05. The number of hydrogen-bond donors (Lipinski definition) is 0. The molecule has 5 heteroatoms. The van der Waals surface area contributed by atoms with Gasteiger partial charge in [-0.15, -0.1) is 0 Å². The third-order valence-electron chi connectivity index (χ3n) is 15.8. The van der Waals surface area contributed by atoms with Crippen LogP contribution in [0.1, 0.15) is 74.9 Å². The number of hydrogen-bond acceptors (Lipinski definition) is 3. The molecule has 9 aromatic carbocycles. The molecule has 2 aliphatic carbocycles. The third kappa shape index (κ3) is 7.18. The van der Waals surface area contributed by atoms with Crippen LogP contribution in [0.2, 0.25) is 26.2 Å². The fourth-order valence-corrected chi connectivity index (χ4v) is 13.8. The van der Waals surface area contributed by atoms with E-state index in [9.17, 15) is 0 Å². The summed E-state index contributed by atoms with van der Waals surface area (Å²) >= 11 is 0. The lowest BCUT2D eigenvalue weighted by Crippen LogP contribution is -2.27. The van der Waals surface area contributed by atoms with Crippen LogP contribution in [0.5, 0.6) is 0 Å². The molecule has 0 aliphatic heterocycles. The Labute approximate surface area is 429 Å². The Kier molecular flexibility index (Phi) is 10.8. The molecule has 1 aromatic heterocycles. The molecule has 0 N–H and O–H groups in total. The lowest BCUT2D eigenvalue weighted by Gasteiger charge is -2.33. The third-order valence-corrected chi connectivity index (χ3v) is 19.2. The van der Waals surface area contributed by atoms with Crippen LogP contribution in [0.25, 0.3) is 44.2 Å². The van der Waals surface area contributed by atoms with E-state index in [2.05, 4.69) is 272 Å². The number of nitrogens with zero attached hydrogens (tertiary/aromatic N) is 2. The maximum atomic E-state index is 7.36. The molecule has 72 heavy (non-hydrogen) atoms. The van der Waals surface area contributed by atoms with E-state index < -0.39 is 23.0 Å². The maximum absolute atomic E-state index is 7.36. The second-order valence-electron chi connectivity index (χ2n) is 22.9. The second-order valence-corrected chi connectivity index (χ2v) is 28.9.